The van der Waals surface area contributed by atoms with E-state index in [0.717, 1.165) is 38.4 Å². The number of piperidine rings is 1. The van der Waals surface area contributed by atoms with Gasteiger partial charge in [0.15, 0.2) is 0 Å². The first-order chi connectivity index (χ1) is 16.8. The summed E-state index contributed by atoms with van der Waals surface area (Å²) in [5.41, 5.74) is 2.36. The Bertz CT molecular complexity index is 1150. The predicted molar refractivity (Wildman–Crippen MR) is 119 cm³/mol. The summed E-state index contributed by atoms with van der Waals surface area (Å²) in [6, 6.07) is 11.4. The molecule has 0 aliphatic carbocycles. The number of ether oxygens (including phenoxy) is 2. The monoisotopic (exact) mass is 451 g/mol. The molecular formula is C25H27N3O5. The summed E-state index contributed by atoms with van der Waals surface area (Å²) in [5.74, 6) is -0.901. The molecule has 3 aliphatic heterocycles. The van der Waals surface area contributed by atoms with Gasteiger partial charge < -0.3 is 14.4 Å². The van der Waals surface area contributed by atoms with Crippen molar-refractivity contribution in [2.75, 3.05) is 26.3 Å². The van der Waals surface area contributed by atoms with Crippen molar-refractivity contribution in [1.29, 1.82) is 0 Å². The van der Waals surface area contributed by atoms with E-state index >= 15 is 0 Å². The lowest BCUT2D eigenvalue weighted by Crippen LogP contribution is -2.52. The number of nitrogens with one attached hydrogen (secondary N) is 1. The second kappa shape index (κ2) is 9.33. The Labute approximate surface area is 195 Å². The van der Waals surface area contributed by atoms with Crippen molar-refractivity contribution in [1.82, 2.24) is 15.1 Å². The van der Waals surface area contributed by atoms with Crippen LogP contribution in [0.2, 0.25) is 0 Å². The Hall–Kier alpha value is -3.23. The summed E-state index contributed by atoms with van der Waals surface area (Å²) in [4.78, 5) is 40.5. The molecule has 2 aromatic rings. The first kappa shape index (κ1) is 19.3. The lowest BCUT2D eigenvalue weighted by molar-refractivity contribution is -0.136. The van der Waals surface area contributed by atoms with E-state index in [1.807, 2.05) is 12.1 Å². The van der Waals surface area contributed by atoms with Crippen LogP contribution in [-0.4, -0.2) is 59.9 Å². The van der Waals surface area contributed by atoms with Crippen molar-refractivity contribution >= 4 is 17.7 Å². The fourth-order valence-electron chi connectivity index (χ4n) is 4.46. The fourth-order valence-corrected chi connectivity index (χ4v) is 4.46. The number of fused-ring (bicyclic) bond motifs is 1. The largest absolute Gasteiger partial charge is 0.489 e. The molecule has 0 radical (unpaired) electrons. The van der Waals surface area contributed by atoms with E-state index in [-0.39, 0.29) is 37.0 Å². The number of benzene rings is 2. The van der Waals surface area contributed by atoms with Gasteiger partial charge in [-0.15, -0.1) is 0 Å². The van der Waals surface area contributed by atoms with E-state index in [4.69, 9.17) is 12.2 Å². The second-order valence-electron chi connectivity index (χ2n) is 8.47. The van der Waals surface area contributed by atoms with E-state index in [1.165, 1.54) is 4.90 Å². The van der Waals surface area contributed by atoms with Gasteiger partial charge in [-0.3, -0.25) is 24.6 Å². The summed E-state index contributed by atoms with van der Waals surface area (Å²) in [5, 5.41) is 2.29. The maximum absolute atomic E-state index is 13.0. The van der Waals surface area contributed by atoms with Gasteiger partial charge in [0, 0.05) is 37.2 Å². The second-order valence-corrected chi connectivity index (χ2v) is 8.47. The lowest BCUT2D eigenvalue weighted by Gasteiger charge is -2.29. The Kier molecular flexibility index (Phi) is 5.44. The lowest BCUT2D eigenvalue weighted by atomic mass is 10.0. The van der Waals surface area contributed by atoms with E-state index in [9.17, 15) is 14.4 Å². The van der Waals surface area contributed by atoms with Crippen LogP contribution in [0.4, 0.5) is 0 Å². The van der Waals surface area contributed by atoms with Gasteiger partial charge in [0.1, 0.15) is 18.4 Å². The molecule has 3 heterocycles. The van der Waals surface area contributed by atoms with Crippen LogP contribution in [0.3, 0.4) is 0 Å². The minimum Gasteiger partial charge on any atom is -0.489 e. The van der Waals surface area contributed by atoms with Gasteiger partial charge in [0.2, 0.25) is 11.8 Å². The number of rotatable bonds is 6. The third-order valence-corrected chi connectivity index (χ3v) is 6.28. The molecule has 0 saturated carbocycles. The topological polar surface area (TPSA) is 88.2 Å². The maximum atomic E-state index is 13.0. The highest BCUT2D eigenvalue weighted by Crippen LogP contribution is 2.34. The van der Waals surface area contributed by atoms with E-state index in [1.54, 1.807) is 30.3 Å². The maximum Gasteiger partial charge on any atom is 0.255 e. The number of carbonyl (C=O) groups excluding carboxylic acids is 3. The number of carbonyl (C=O) groups is 3. The number of hydrogen-bond donors (Lipinski definition) is 1. The highest BCUT2D eigenvalue weighted by atomic mass is 16.5. The molecule has 5 rings (SSSR count). The molecule has 33 heavy (non-hydrogen) atoms. The van der Waals surface area contributed by atoms with Gasteiger partial charge in [-0.25, -0.2) is 0 Å². The molecule has 0 spiro atoms. The molecule has 0 bridgehead atoms. The van der Waals surface area contributed by atoms with Crippen LogP contribution >= 0.6 is 0 Å². The van der Waals surface area contributed by atoms with Crippen molar-refractivity contribution in [2.45, 2.75) is 38.5 Å². The molecule has 2 saturated heterocycles. The summed E-state index contributed by atoms with van der Waals surface area (Å²) < 4.78 is 28.3. The van der Waals surface area contributed by atoms with Gasteiger partial charge in [-0.1, -0.05) is 30.3 Å². The van der Waals surface area contributed by atoms with Crippen molar-refractivity contribution < 1.29 is 26.6 Å². The third-order valence-electron chi connectivity index (χ3n) is 6.28. The number of amides is 3. The molecular weight excluding hydrogens is 422 g/mol. The van der Waals surface area contributed by atoms with Crippen LogP contribution < -0.4 is 10.1 Å². The average molecular weight is 452 g/mol. The quantitative estimate of drug-likeness (QED) is 0.675. The number of hydrogen-bond acceptors (Lipinski definition) is 6. The fraction of sp³-hybridized carbons (Fsp3) is 0.400. The molecule has 2 aromatic carbocycles. The van der Waals surface area contributed by atoms with Crippen LogP contribution in [0.5, 0.6) is 5.75 Å². The van der Waals surface area contributed by atoms with Crippen LogP contribution in [-0.2, 0) is 34.0 Å². The molecule has 8 heteroatoms. The first-order valence-electron chi connectivity index (χ1n) is 12.2. The highest BCUT2D eigenvalue weighted by molar-refractivity contribution is 6.05. The van der Waals surface area contributed by atoms with E-state index in [0.29, 0.717) is 16.7 Å². The summed E-state index contributed by atoms with van der Waals surface area (Å²) in [6.45, 7) is 1.96. The molecule has 2 fully saturated rings. The van der Waals surface area contributed by atoms with E-state index < -0.39 is 18.5 Å². The zero-order valence-electron chi connectivity index (χ0n) is 20.2. The minimum absolute atomic E-state index is 0.116. The SMILES string of the molecule is [2H]C([2H])(Oc1cccc2c1CN([C@@H]1CCC(=O)NC1=O)C2=O)c1ccc(CN2CCOCC2)cc1. The Balaban J connectivity index is 1.31. The zero-order chi connectivity index (χ0) is 24.6. The average Bonchev–Trinajstić information content (AvgIpc) is 3.17. The normalized spacial score (nSPS) is 22.5. The van der Waals surface area contributed by atoms with E-state index in [2.05, 4.69) is 10.2 Å². The summed E-state index contributed by atoms with van der Waals surface area (Å²) >= 11 is 0. The Morgan fingerprint density at radius 2 is 1.82 bits per heavy atom. The van der Waals surface area contributed by atoms with Crippen molar-refractivity contribution in [3.63, 3.8) is 0 Å². The number of morpholine rings is 1. The van der Waals surface area contributed by atoms with Gasteiger partial charge >= 0.3 is 0 Å². The van der Waals surface area contributed by atoms with Crippen molar-refractivity contribution in [3.05, 3.63) is 64.7 Å². The molecule has 1 N–H and O–H groups in total. The molecule has 0 unspecified atom stereocenters. The molecule has 3 aliphatic rings. The molecule has 1 atom stereocenters. The van der Waals surface area contributed by atoms with Crippen molar-refractivity contribution in [3.8, 4) is 5.75 Å². The van der Waals surface area contributed by atoms with Crippen molar-refractivity contribution in [2.24, 2.45) is 0 Å². The van der Waals surface area contributed by atoms with Crippen LogP contribution in [0.15, 0.2) is 42.5 Å². The smallest absolute Gasteiger partial charge is 0.255 e. The first-order valence-corrected chi connectivity index (χ1v) is 11.2. The summed E-state index contributed by atoms with van der Waals surface area (Å²) in [7, 11) is 0. The Morgan fingerprint density at radius 3 is 2.58 bits per heavy atom. The Morgan fingerprint density at radius 1 is 1.06 bits per heavy atom. The van der Waals surface area contributed by atoms with Gasteiger partial charge in [-0.05, 0) is 29.7 Å². The van der Waals surface area contributed by atoms with Crippen LogP contribution in [0.1, 0.15) is 42.6 Å². The number of nitrogens with zero attached hydrogens (tertiary/aromatic N) is 2. The predicted octanol–water partition coefficient (Wildman–Crippen LogP) is 1.86. The van der Waals surface area contributed by atoms with Crippen LogP contribution in [0.25, 0.3) is 0 Å². The highest BCUT2D eigenvalue weighted by Gasteiger charge is 2.40. The standard InChI is InChI=1S/C25H27N3O5/c29-23-9-8-21(24(30)26-23)28-15-20-19(25(28)31)2-1-3-22(20)33-16-18-6-4-17(5-7-18)14-27-10-12-32-13-11-27/h1-7,21H,8-16H2,(H,26,29,30)/t21-/m1/s1/i16D2. The van der Waals surface area contributed by atoms with Crippen LogP contribution in [0, 0.1) is 0 Å². The van der Waals surface area contributed by atoms with Gasteiger partial charge in [-0.2, -0.15) is 0 Å². The molecule has 0 aromatic heterocycles. The van der Waals surface area contributed by atoms with Gasteiger partial charge in [0.05, 0.1) is 22.5 Å². The molecule has 8 nitrogen and oxygen atoms in total. The molecule has 3 amide bonds. The molecule has 172 valence electrons. The zero-order valence-corrected chi connectivity index (χ0v) is 18.2. The third kappa shape index (κ3) is 4.62. The van der Waals surface area contributed by atoms with Gasteiger partial charge in [0.25, 0.3) is 5.91 Å². The number of imide groups is 1. The summed E-state index contributed by atoms with van der Waals surface area (Å²) in [6.07, 6.45) is 0.433. The minimum atomic E-state index is -2.13.